The highest BCUT2D eigenvalue weighted by molar-refractivity contribution is 5.41. The fraction of sp³-hybridized carbons (Fsp3) is 0.417. The van der Waals surface area contributed by atoms with E-state index in [-0.39, 0.29) is 5.69 Å². The molecule has 5 heteroatoms. The van der Waals surface area contributed by atoms with Crippen molar-refractivity contribution < 1.29 is 9.66 Å². The van der Waals surface area contributed by atoms with Crippen LogP contribution in [0.15, 0.2) is 24.3 Å². The second kappa shape index (κ2) is 4.52. The molecule has 0 aromatic heterocycles. The fourth-order valence-electron chi connectivity index (χ4n) is 2.10. The van der Waals surface area contributed by atoms with Gasteiger partial charge < -0.3 is 4.74 Å². The Balaban J connectivity index is 2.40. The van der Waals surface area contributed by atoms with Gasteiger partial charge in [-0.1, -0.05) is 12.1 Å². The van der Waals surface area contributed by atoms with E-state index in [1.54, 1.807) is 12.1 Å². The molecule has 0 spiro atoms. The van der Waals surface area contributed by atoms with Crippen molar-refractivity contribution >= 4 is 5.69 Å². The minimum atomic E-state index is -0.635. The van der Waals surface area contributed by atoms with Crippen LogP contribution in [0.25, 0.3) is 0 Å². The lowest BCUT2D eigenvalue weighted by Gasteiger charge is -2.30. The Morgan fingerprint density at radius 2 is 2.12 bits per heavy atom. The van der Waals surface area contributed by atoms with Crippen LogP contribution in [0, 0.1) is 21.4 Å². The molecular weight excluding hydrogens is 220 g/mol. The molecule has 0 N–H and O–H groups in total. The van der Waals surface area contributed by atoms with Gasteiger partial charge >= 0.3 is 0 Å². The molecule has 1 aliphatic heterocycles. The predicted molar refractivity (Wildman–Crippen MR) is 60.4 cm³/mol. The predicted octanol–water partition coefficient (Wildman–Crippen LogP) is 2.17. The van der Waals surface area contributed by atoms with Gasteiger partial charge in [0.15, 0.2) is 0 Å². The van der Waals surface area contributed by atoms with E-state index in [0.717, 1.165) is 5.56 Å². The number of hydrogen-bond acceptors (Lipinski definition) is 4. The minimum Gasteiger partial charge on any atom is -0.381 e. The van der Waals surface area contributed by atoms with Crippen molar-refractivity contribution in [2.24, 2.45) is 0 Å². The van der Waals surface area contributed by atoms with Crippen LogP contribution >= 0.6 is 0 Å². The highest BCUT2D eigenvalue weighted by Gasteiger charge is 2.35. The van der Waals surface area contributed by atoms with E-state index in [2.05, 4.69) is 6.07 Å². The Morgan fingerprint density at radius 1 is 1.41 bits per heavy atom. The monoisotopic (exact) mass is 232 g/mol. The summed E-state index contributed by atoms with van der Waals surface area (Å²) in [7, 11) is 0. The molecule has 0 bridgehead atoms. The van der Waals surface area contributed by atoms with Crippen LogP contribution in [0.5, 0.6) is 0 Å². The first-order valence-electron chi connectivity index (χ1n) is 5.42. The summed E-state index contributed by atoms with van der Waals surface area (Å²) in [5, 5.41) is 20.1. The van der Waals surface area contributed by atoms with Gasteiger partial charge in [-0.05, 0) is 18.4 Å². The number of non-ortho nitro benzene ring substituents is 1. The summed E-state index contributed by atoms with van der Waals surface area (Å²) in [6.45, 7) is 1.05. The quantitative estimate of drug-likeness (QED) is 0.578. The Morgan fingerprint density at radius 3 is 2.71 bits per heavy atom. The van der Waals surface area contributed by atoms with Crippen molar-refractivity contribution in [3.05, 3.63) is 39.9 Å². The summed E-state index contributed by atoms with van der Waals surface area (Å²) in [5.74, 6) is 0. The summed E-state index contributed by atoms with van der Waals surface area (Å²) in [4.78, 5) is 10.3. The Bertz CT molecular complexity index is 473. The lowest BCUT2D eigenvalue weighted by molar-refractivity contribution is -0.385. The molecule has 1 saturated heterocycles. The average molecular weight is 232 g/mol. The van der Waals surface area contributed by atoms with Crippen LogP contribution in [0.4, 0.5) is 5.69 Å². The van der Waals surface area contributed by atoms with E-state index in [4.69, 9.17) is 4.74 Å². The molecule has 1 aliphatic rings. The molecule has 0 radical (unpaired) electrons. The molecule has 2 rings (SSSR count). The highest BCUT2D eigenvalue weighted by Crippen LogP contribution is 2.35. The molecule has 17 heavy (non-hydrogen) atoms. The summed E-state index contributed by atoms with van der Waals surface area (Å²) in [6.07, 6.45) is 1.18. The number of nitro groups is 1. The van der Waals surface area contributed by atoms with Crippen LogP contribution in [0.3, 0.4) is 0 Å². The van der Waals surface area contributed by atoms with Crippen molar-refractivity contribution in [1.29, 1.82) is 5.26 Å². The van der Waals surface area contributed by atoms with E-state index in [9.17, 15) is 15.4 Å². The van der Waals surface area contributed by atoms with Gasteiger partial charge in [-0.2, -0.15) is 5.26 Å². The van der Waals surface area contributed by atoms with Gasteiger partial charge in [-0.25, -0.2) is 0 Å². The number of rotatable bonds is 2. The van der Waals surface area contributed by atoms with Crippen molar-refractivity contribution in [2.45, 2.75) is 18.3 Å². The van der Waals surface area contributed by atoms with Crippen LogP contribution < -0.4 is 0 Å². The van der Waals surface area contributed by atoms with Crippen LogP contribution in [-0.2, 0) is 10.2 Å². The molecule has 5 nitrogen and oxygen atoms in total. The maximum absolute atomic E-state index is 10.7. The lowest BCUT2D eigenvalue weighted by atomic mass is 9.75. The van der Waals surface area contributed by atoms with E-state index >= 15 is 0 Å². The molecule has 0 saturated carbocycles. The normalized spacial score (nSPS) is 18.3. The second-order valence-corrected chi connectivity index (χ2v) is 4.11. The Hall–Kier alpha value is -1.93. The average Bonchev–Trinajstić information content (AvgIpc) is 2.39. The summed E-state index contributed by atoms with van der Waals surface area (Å²) >= 11 is 0. The van der Waals surface area contributed by atoms with Gasteiger partial charge in [0.2, 0.25) is 0 Å². The molecular formula is C12H12N2O3. The fourth-order valence-corrected chi connectivity index (χ4v) is 2.10. The zero-order chi connectivity index (χ0) is 12.3. The molecule has 0 atom stereocenters. The maximum Gasteiger partial charge on any atom is 0.269 e. The van der Waals surface area contributed by atoms with Crippen molar-refractivity contribution in [3.63, 3.8) is 0 Å². The van der Waals surface area contributed by atoms with Crippen LogP contribution in [0.1, 0.15) is 18.4 Å². The smallest absolute Gasteiger partial charge is 0.269 e. The van der Waals surface area contributed by atoms with E-state index in [1.165, 1.54) is 12.1 Å². The largest absolute Gasteiger partial charge is 0.381 e. The maximum atomic E-state index is 10.7. The third-order valence-corrected chi connectivity index (χ3v) is 3.17. The van der Waals surface area contributed by atoms with Gasteiger partial charge in [-0.3, -0.25) is 10.1 Å². The molecule has 0 amide bonds. The topological polar surface area (TPSA) is 76.2 Å². The SMILES string of the molecule is N#CC1(c2cccc([N+](=O)[O-])c2)CCOCC1. The summed E-state index contributed by atoms with van der Waals surface area (Å²) in [6, 6.07) is 8.64. The minimum absolute atomic E-state index is 0.0311. The van der Waals surface area contributed by atoms with Gasteiger partial charge in [-0.15, -0.1) is 0 Å². The van der Waals surface area contributed by atoms with E-state index in [0.29, 0.717) is 26.1 Å². The molecule has 1 aromatic carbocycles. The number of nitriles is 1. The van der Waals surface area contributed by atoms with Gasteiger partial charge in [0.1, 0.15) is 0 Å². The Labute approximate surface area is 98.8 Å². The van der Waals surface area contributed by atoms with E-state index in [1.807, 2.05) is 0 Å². The number of benzene rings is 1. The van der Waals surface area contributed by atoms with Gasteiger partial charge in [0.05, 0.1) is 16.4 Å². The molecule has 1 heterocycles. The number of nitrogens with zero attached hydrogens (tertiary/aromatic N) is 2. The van der Waals surface area contributed by atoms with Gasteiger partial charge in [0.25, 0.3) is 5.69 Å². The first kappa shape index (κ1) is 11.6. The molecule has 88 valence electrons. The third-order valence-electron chi connectivity index (χ3n) is 3.17. The van der Waals surface area contributed by atoms with E-state index < -0.39 is 10.3 Å². The molecule has 1 fully saturated rings. The number of hydrogen-bond donors (Lipinski definition) is 0. The first-order chi connectivity index (χ1) is 8.18. The van der Waals surface area contributed by atoms with Crippen LogP contribution in [0.2, 0.25) is 0 Å². The second-order valence-electron chi connectivity index (χ2n) is 4.11. The third kappa shape index (κ3) is 2.12. The molecule has 1 aromatic rings. The lowest BCUT2D eigenvalue weighted by Crippen LogP contribution is -2.32. The molecule has 0 aliphatic carbocycles. The highest BCUT2D eigenvalue weighted by atomic mass is 16.6. The van der Waals surface area contributed by atoms with Crippen molar-refractivity contribution in [2.75, 3.05) is 13.2 Å². The van der Waals surface area contributed by atoms with Crippen molar-refractivity contribution in [1.82, 2.24) is 0 Å². The first-order valence-corrected chi connectivity index (χ1v) is 5.42. The Kier molecular flexibility index (Phi) is 3.07. The summed E-state index contributed by atoms with van der Waals surface area (Å²) < 4.78 is 5.24. The molecule has 0 unspecified atom stereocenters. The zero-order valence-corrected chi connectivity index (χ0v) is 9.26. The summed E-state index contributed by atoms with van der Waals surface area (Å²) in [5.41, 5.74) is 0.116. The van der Waals surface area contributed by atoms with Crippen LogP contribution in [-0.4, -0.2) is 18.1 Å². The number of ether oxygens (including phenoxy) is 1. The number of nitro benzene ring substituents is 1. The zero-order valence-electron chi connectivity index (χ0n) is 9.26. The standard InChI is InChI=1S/C12H12N2O3/c13-9-12(4-6-17-7-5-12)10-2-1-3-11(8-10)14(15)16/h1-3,8H,4-7H2. The van der Waals surface area contributed by atoms with Gasteiger partial charge in [0, 0.05) is 25.3 Å². The van der Waals surface area contributed by atoms with Crippen molar-refractivity contribution in [3.8, 4) is 6.07 Å².